The van der Waals surface area contributed by atoms with Crippen LogP contribution in [0.5, 0.6) is 0 Å². The highest BCUT2D eigenvalue weighted by Gasteiger charge is 2.51. The van der Waals surface area contributed by atoms with Gasteiger partial charge >= 0.3 is 6.03 Å². The van der Waals surface area contributed by atoms with Gasteiger partial charge in [-0.25, -0.2) is 18.9 Å². The van der Waals surface area contributed by atoms with Crippen molar-refractivity contribution < 1.29 is 23.8 Å². The molecule has 10 heteroatoms. The van der Waals surface area contributed by atoms with Gasteiger partial charge in [-0.15, -0.1) is 0 Å². The Morgan fingerprint density at radius 3 is 2.88 bits per heavy atom. The molecule has 0 aliphatic carbocycles. The van der Waals surface area contributed by atoms with Crippen LogP contribution >= 0.6 is 0 Å². The maximum Gasteiger partial charge on any atom is 0.319 e. The van der Waals surface area contributed by atoms with E-state index in [2.05, 4.69) is 20.7 Å². The summed E-state index contributed by atoms with van der Waals surface area (Å²) in [6.07, 6.45) is 0.692. The molecule has 3 N–H and O–H groups in total. The maximum absolute atomic E-state index is 12.9. The molecule has 2 saturated heterocycles. The summed E-state index contributed by atoms with van der Waals surface area (Å²) < 4.78 is 25.6. The summed E-state index contributed by atoms with van der Waals surface area (Å²) in [4.78, 5) is 16.1. The molecule has 0 spiro atoms. The summed E-state index contributed by atoms with van der Waals surface area (Å²) >= 11 is 0. The van der Waals surface area contributed by atoms with Crippen LogP contribution in [-0.4, -0.2) is 57.0 Å². The molecule has 0 saturated carbocycles. The molecule has 1 aromatic carbocycles. The number of fused-ring (bicyclic) bond motifs is 2. The molecule has 2 amide bonds. The minimum atomic E-state index is -0.980. The smallest absolute Gasteiger partial charge is 0.319 e. The van der Waals surface area contributed by atoms with E-state index < -0.39 is 42.4 Å². The van der Waals surface area contributed by atoms with Crippen molar-refractivity contribution >= 4 is 11.7 Å². The van der Waals surface area contributed by atoms with Crippen molar-refractivity contribution in [3.8, 4) is 0 Å². The number of hydrogen-bond donors (Lipinski definition) is 3. The van der Waals surface area contributed by atoms with E-state index in [0.717, 1.165) is 0 Å². The molecule has 9 nitrogen and oxygen atoms in total. The minimum absolute atomic E-state index is 0.244. The number of aromatic nitrogens is 3. The summed E-state index contributed by atoms with van der Waals surface area (Å²) in [6, 6.07) is 3.49. The largest absolute Gasteiger partial charge is 0.388 e. The molecule has 2 aromatic rings. The number of carbonyl (C=O) groups is 1. The lowest BCUT2D eigenvalue weighted by Gasteiger charge is -2.38. The molecule has 0 unspecified atom stereocenters. The lowest BCUT2D eigenvalue weighted by molar-refractivity contribution is -0.166. The number of nitrogens with zero attached hydrogens (tertiary/aromatic N) is 3. The Kier molecular flexibility index (Phi) is 4.07. The van der Waals surface area contributed by atoms with Crippen LogP contribution in [0.1, 0.15) is 6.04 Å². The zero-order valence-electron chi connectivity index (χ0n) is 12.9. The van der Waals surface area contributed by atoms with Gasteiger partial charge in [0.25, 0.3) is 0 Å². The number of urea groups is 1. The third kappa shape index (κ3) is 3.06. The van der Waals surface area contributed by atoms with Crippen LogP contribution in [0.25, 0.3) is 0 Å². The van der Waals surface area contributed by atoms with Crippen LogP contribution in [0.2, 0.25) is 0 Å². The van der Waals surface area contributed by atoms with Gasteiger partial charge in [-0.1, -0.05) is 0 Å². The Morgan fingerprint density at radius 1 is 1.36 bits per heavy atom. The summed E-state index contributed by atoms with van der Waals surface area (Å²) in [5.74, 6) is -0.396. The number of nitrogens with one attached hydrogen (secondary N) is 2. The summed E-state index contributed by atoms with van der Waals surface area (Å²) in [5.41, 5.74) is 0.429. The fourth-order valence-corrected chi connectivity index (χ4v) is 3.08. The van der Waals surface area contributed by atoms with Crippen LogP contribution in [0.4, 0.5) is 14.9 Å². The first-order chi connectivity index (χ1) is 12.1. The number of carbonyl (C=O) groups excluding carboxylic acids is 1. The van der Waals surface area contributed by atoms with E-state index in [0.29, 0.717) is 5.69 Å². The quantitative estimate of drug-likeness (QED) is 0.733. The number of aliphatic hydroxyl groups is 1. The summed E-state index contributed by atoms with van der Waals surface area (Å²) in [7, 11) is 0. The van der Waals surface area contributed by atoms with Crippen LogP contribution in [0, 0.1) is 5.82 Å². The van der Waals surface area contributed by atoms with Gasteiger partial charge < -0.3 is 25.2 Å². The van der Waals surface area contributed by atoms with Crippen molar-refractivity contribution in [3.63, 3.8) is 0 Å². The number of amides is 2. The fraction of sp³-hybridized carbons (Fsp3) is 0.400. The molecule has 2 aliphatic rings. The number of ether oxygens (including phenoxy) is 2. The lowest BCUT2D eigenvalue weighted by Crippen LogP contribution is -2.59. The summed E-state index contributed by atoms with van der Waals surface area (Å²) in [5, 5.41) is 20.0. The maximum atomic E-state index is 12.9. The van der Waals surface area contributed by atoms with Crippen LogP contribution in [0.3, 0.4) is 0 Å². The Labute approximate surface area is 141 Å². The van der Waals surface area contributed by atoms with Crippen molar-refractivity contribution in [2.45, 2.75) is 30.6 Å². The average molecular weight is 349 g/mol. The summed E-state index contributed by atoms with van der Waals surface area (Å²) in [6.45, 7) is 0.244. The highest BCUT2D eigenvalue weighted by atomic mass is 19.1. The van der Waals surface area contributed by atoms with E-state index in [9.17, 15) is 14.3 Å². The number of aliphatic hydroxyl groups excluding tert-OH is 1. The first-order valence-electron chi connectivity index (χ1n) is 7.74. The van der Waals surface area contributed by atoms with E-state index in [4.69, 9.17) is 9.47 Å². The monoisotopic (exact) mass is 349 g/mol. The van der Waals surface area contributed by atoms with Crippen LogP contribution in [0.15, 0.2) is 36.9 Å². The van der Waals surface area contributed by atoms with E-state index in [1.807, 2.05) is 0 Å². The predicted molar refractivity (Wildman–Crippen MR) is 82.0 cm³/mol. The molecular formula is C15H16FN5O4. The second-order valence-corrected chi connectivity index (χ2v) is 5.86. The van der Waals surface area contributed by atoms with Crippen molar-refractivity contribution in [1.29, 1.82) is 0 Å². The van der Waals surface area contributed by atoms with Crippen LogP contribution in [-0.2, 0) is 9.47 Å². The zero-order valence-corrected chi connectivity index (χ0v) is 12.9. The molecule has 132 valence electrons. The van der Waals surface area contributed by atoms with E-state index in [-0.39, 0.29) is 6.61 Å². The van der Waals surface area contributed by atoms with Crippen molar-refractivity contribution in [2.75, 3.05) is 11.9 Å². The molecule has 2 fully saturated rings. The second-order valence-electron chi connectivity index (χ2n) is 5.86. The predicted octanol–water partition coefficient (Wildman–Crippen LogP) is 0.265. The van der Waals surface area contributed by atoms with Gasteiger partial charge in [0.1, 0.15) is 36.7 Å². The molecule has 4 rings (SSSR count). The lowest BCUT2D eigenvalue weighted by atomic mass is 9.96. The number of halogens is 1. The molecule has 25 heavy (non-hydrogen) atoms. The van der Waals surface area contributed by atoms with Gasteiger partial charge in [0.15, 0.2) is 6.29 Å². The number of anilines is 1. The standard InChI is InChI=1S/C15H16FN5O4/c16-8-1-3-9(4-2-8)19-15(23)20-11-10-5-24-14(25-10)12(13(11)22)21-7-17-6-18-21/h1-4,6-7,10-14,22H,5H2,(H2,19,20,23)/t10-,11-,12-,13+,14-/m1/s1. The van der Waals surface area contributed by atoms with Gasteiger partial charge in [-0.05, 0) is 24.3 Å². The third-order valence-corrected chi connectivity index (χ3v) is 4.27. The van der Waals surface area contributed by atoms with Gasteiger partial charge in [-0.2, -0.15) is 5.10 Å². The molecule has 1 aromatic heterocycles. The Morgan fingerprint density at radius 2 is 2.16 bits per heavy atom. The molecule has 0 radical (unpaired) electrons. The number of rotatable bonds is 3. The number of hydrogen-bond acceptors (Lipinski definition) is 6. The zero-order chi connectivity index (χ0) is 17.4. The first-order valence-corrected chi connectivity index (χ1v) is 7.74. The molecule has 2 aliphatic heterocycles. The minimum Gasteiger partial charge on any atom is -0.388 e. The van der Waals surface area contributed by atoms with Crippen molar-refractivity contribution in [2.24, 2.45) is 0 Å². The van der Waals surface area contributed by atoms with Gasteiger partial charge in [-0.3, -0.25) is 0 Å². The van der Waals surface area contributed by atoms with Crippen molar-refractivity contribution in [3.05, 3.63) is 42.7 Å². The van der Waals surface area contributed by atoms with Gasteiger partial charge in [0.05, 0.1) is 12.6 Å². The van der Waals surface area contributed by atoms with E-state index in [1.165, 1.54) is 41.6 Å². The SMILES string of the molecule is O=C(Nc1ccc(F)cc1)N[C@H]1[C@H](O)[C@@H](n2cncn2)[C@@H]2OC[C@H]1O2. The van der Waals surface area contributed by atoms with E-state index >= 15 is 0 Å². The van der Waals surface area contributed by atoms with Gasteiger partial charge in [0, 0.05) is 5.69 Å². The van der Waals surface area contributed by atoms with Crippen molar-refractivity contribution in [1.82, 2.24) is 20.1 Å². The molecule has 5 atom stereocenters. The Bertz CT molecular complexity index is 741. The average Bonchev–Trinajstić information content (AvgIpc) is 3.25. The highest BCUT2D eigenvalue weighted by Crippen LogP contribution is 2.35. The Balaban J connectivity index is 1.47. The van der Waals surface area contributed by atoms with Crippen LogP contribution < -0.4 is 10.6 Å². The normalized spacial score (nSPS) is 30.9. The molecule has 2 bridgehead atoms. The third-order valence-electron chi connectivity index (χ3n) is 4.27. The van der Waals surface area contributed by atoms with Gasteiger partial charge in [0.2, 0.25) is 0 Å². The Hall–Kier alpha value is -2.56. The highest BCUT2D eigenvalue weighted by molar-refractivity contribution is 5.89. The number of benzene rings is 1. The first kappa shape index (κ1) is 15.9. The fourth-order valence-electron chi connectivity index (χ4n) is 3.08. The van der Waals surface area contributed by atoms with E-state index in [1.54, 1.807) is 0 Å². The molecule has 3 heterocycles. The molecular weight excluding hydrogens is 333 g/mol. The topological polar surface area (TPSA) is 111 Å². The second kappa shape index (κ2) is 6.39.